The van der Waals surface area contributed by atoms with Crippen molar-refractivity contribution in [3.63, 3.8) is 0 Å². The van der Waals surface area contributed by atoms with E-state index in [-0.39, 0.29) is 18.0 Å². The summed E-state index contributed by atoms with van der Waals surface area (Å²) in [5.41, 5.74) is 4.73. The molecular weight excluding hydrogens is 490 g/mol. The molecule has 1 fully saturated rings. The van der Waals surface area contributed by atoms with E-state index in [1.165, 1.54) is 0 Å². The van der Waals surface area contributed by atoms with Gasteiger partial charge in [-0.2, -0.15) is 0 Å². The van der Waals surface area contributed by atoms with Crippen LogP contribution in [0.2, 0.25) is 5.02 Å². The van der Waals surface area contributed by atoms with E-state index < -0.39 is 0 Å². The molecular formula is C28H26ClN5OS. The maximum Gasteiger partial charge on any atom is 0.226 e. The first kappa shape index (κ1) is 24.0. The molecule has 1 aliphatic heterocycles. The Morgan fingerprint density at radius 1 is 1.08 bits per heavy atom. The lowest BCUT2D eigenvalue weighted by molar-refractivity contribution is -0.116. The zero-order valence-electron chi connectivity index (χ0n) is 19.8. The first-order valence-electron chi connectivity index (χ1n) is 11.8. The molecule has 2 atom stereocenters. The van der Waals surface area contributed by atoms with Crippen LogP contribution >= 0.6 is 23.8 Å². The van der Waals surface area contributed by atoms with Crippen LogP contribution in [0.5, 0.6) is 0 Å². The molecule has 5 rings (SSSR count). The zero-order chi connectivity index (χ0) is 25.1. The molecule has 36 heavy (non-hydrogen) atoms. The lowest BCUT2D eigenvalue weighted by atomic mass is 10.0. The zero-order valence-corrected chi connectivity index (χ0v) is 21.3. The molecule has 1 aliphatic rings. The maximum atomic E-state index is 12.7. The van der Waals surface area contributed by atoms with Crippen molar-refractivity contribution in [3.8, 4) is 5.69 Å². The van der Waals surface area contributed by atoms with Crippen molar-refractivity contribution in [2.45, 2.75) is 25.4 Å². The number of pyridine rings is 1. The Morgan fingerprint density at radius 2 is 1.89 bits per heavy atom. The first-order chi connectivity index (χ1) is 17.5. The molecule has 0 radical (unpaired) electrons. The van der Waals surface area contributed by atoms with Gasteiger partial charge in [0.15, 0.2) is 5.11 Å². The van der Waals surface area contributed by atoms with Crippen LogP contribution in [-0.2, 0) is 4.79 Å². The number of para-hydroxylation sites is 1. The van der Waals surface area contributed by atoms with Gasteiger partial charge >= 0.3 is 0 Å². The molecule has 2 aromatic carbocycles. The maximum absolute atomic E-state index is 12.7. The van der Waals surface area contributed by atoms with Crippen LogP contribution in [0.1, 0.15) is 35.5 Å². The summed E-state index contributed by atoms with van der Waals surface area (Å²) in [6.45, 7) is 2.46. The summed E-state index contributed by atoms with van der Waals surface area (Å²) in [6, 6.07) is 25.1. The number of hydrogen-bond acceptors (Lipinski definition) is 3. The molecule has 1 amide bonds. The Bertz CT molecular complexity index is 1380. The molecule has 2 aromatic heterocycles. The number of anilines is 1. The minimum Gasteiger partial charge on any atom is -0.352 e. The second-order valence-electron chi connectivity index (χ2n) is 8.72. The summed E-state index contributed by atoms with van der Waals surface area (Å²) in [4.78, 5) is 19.5. The monoisotopic (exact) mass is 515 g/mol. The predicted octanol–water partition coefficient (Wildman–Crippen LogP) is 5.84. The Morgan fingerprint density at radius 3 is 2.64 bits per heavy atom. The summed E-state index contributed by atoms with van der Waals surface area (Å²) < 4.78 is 2.15. The molecule has 8 heteroatoms. The normalized spacial score (nSPS) is 17.2. The lowest BCUT2D eigenvalue weighted by Gasteiger charge is -2.29. The fraction of sp³-hybridized carbons (Fsp3) is 0.179. The number of aromatic nitrogens is 2. The molecule has 0 spiro atoms. The van der Waals surface area contributed by atoms with Crippen LogP contribution in [0.15, 0.2) is 91.3 Å². The average molecular weight is 516 g/mol. The minimum absolute atomic E-state index is 0.0623. The molecule has 0 bridgehead atoms. The number of amides is 1. The highest BCUT2D eigenvalue weighted by molar-refractivity contribution is 7.80. The number of carbonyl (C=O) groups is 1. The van der Waals surface area contributed by atoms with Crippen molar-refractivity contribution >= 4 is 40.5 Å². The summed E-state index contributed by atoms with van der Waals surface area (Å²) in [7, 11) is 0. The number of rotatable bonds is 7. The number of benzene rings is 2. The highest BCUT2D eigenvalue weighted by Crippen LogP contribution is 2.39. The van der Waals surface area contributed by atoms with Crippen molar-refractivity contribution < 1.29 is 4.79 Å². The number of thiocarbonyl (C=S) groups is 1. The van der Waals surface area contributed by atoms with Crippen LogP contribution in [0.3, 0.4) is 0 Å². The Balaban J connectivity index is 1.46. The average Bonchev–Trinajstić information content (AvgIpc) is 3.50. The minimum atomic E-state index is -0.169. The van der Waals surface area contributed by atoms with Gasteiger partial charge in [-0.3, -0.25) is 9.78 Å². The smallest absolute Gasteiger partial charge is 0.226 e. The molecule has 4 aromatic rings. The molecule has 1 saturated heterocycles. The van der Waals surface area contributed by atoms with E-state index in [9.17, 15) is 4.79 Å². The van der Waals surface area contributed by atoms with Gasteiger partial charge in [0.05, 0.1) is 17.8 Å². The summed E-state index contributed by atoms with van der Waals surface area (Å²) in [5, 5.41) is 7.75. The van der Waals surface area contributed by atoms with E-state index in [2.05, 4.69) is 37.2 Å². The number of halogens is 1. The summed E-state index contributed by atoms with van der Waals surface area (Å²) >= 11 is 12.1. The highest BCUT2D eigenvalue weighted by atomic mass is 35.5. The Labute approximate surface area is 220 Å². The van der Waals surface area contributed by atoms with Crippen molar-refractivity contribution in [2.24, 2.45) is 0 Å². The van der Waals surface area contributed by atoms with Gasteiger partial charge in [0.25, 0.3) is 0 Å². The summed E-state index contributed by atoms with van der Waals surface area (Å²) in [5.74, 6) is -0.0623. The molecule has 182 valence electrons. The van der Waals surface area contributed by atoms with Crippen molar-refractivity contribution in [1.29, 1.82) is 0 Å². The summed E-state index contributed by atoms with van der Waals surface area (Å²) in [6.07, 6.45) is 4.12. The van der Waals surface area contributed by atoms with E-state index in [1.54, 1.807) is 6.20 Å². The molecule has 3 heterocycles. The van der Waals surface area contributed by atoms with Crippen LogP contribution in [-0.4, -0.2) is 32.0 Å². The van der Waals surface area contributed by atoms with Crippen molar-refractivity contribution in [1.82, 2.24) is 19.8 Å². The van der Waals surface area contributed by atoms with Gasteiger partial charge in [-0.1, -0.05) is 35.9 Å². The van der Waals surface area contributed by atoms with Gasteiger partial charge < -0.3 is 20.1 Å². The van der Waals surface area contributed by atoms with Gasteiger partial charge in [-0.15, -0.1) is 0 Å². The van der Waals surface area contributed by atoms with E-state index >= 15 is 0 Å². The number of nitrogens with one attached hydrogen (secondary N) is 2. The number of nitrogens with zero attached hydrogens (tertiary/aromatic N) is 3. The van der Waals surface area contributed by atoms with Gasteiger partial charge in [0.1, 0.15) is 0 Å². The van der Waals surface area contributed by atoms with Gasteiger partial charge in [0, 0.05) is 47.5 Å². The van der Waals surface area contributed by atoms with Crippen LogP contribution < -0.4 is 10.6 Å². The quantitative estimate of drug-likeness (QED) is 0.303. The molecule has 0 saturated carbocycles. The van der Waals surface area contributed by atoms with Gasteiger partial charge in [0.2, 0.25) is 5.91 Å². The number of hydrogen-bond donors (Lipinski definition) is 2. The third-order valence-electron chi connectivity index (χ3n) is 6.34. The van der Waals surface area contributed by atoms with Crippen LogP contribution in [0, 0.1) is 6.92 Å². The number of carbonyl (C=O) groups excluding carboxylic acids is 1. The molecule has 2 N–H and O–H groups in total. The predicted molar refractivity (Wildman–Crippen MR) is 147 cm³/mol. The van der Waals surface area contributed by atoms with E-state index in [4.69, 9.17) is 23.8 Å². The van der Waals surface area contributed by atoms with Crippen molar-refractivity contribution in [2.75, 3.05) is 11.9 Å². The van der Waals surface area contributed by atoms with Crippen LogP contribution in [0.25, 0.3) is 5.69 Å². The largest absolute Gasteiger partial charge is 0.352 e. The fourth-order valence-corrected chi connectivity index (χ4v) is 5.03. The topological polar surface area (TPSA) is 62.2 Å². The lowest BCUT2D eigenvalue weighted by Crippen LogP contribution is -2.33. The Hall–Kier alpha value is -3.68. The second kappa shape index (κ2) is 10.5. The van der Waals surface area contributed by atoms with E-state index in [0.717, 1.165) is 33.3 Å². The second-order valence-corrected chi connectivity index (χ2v) is 9.51. The van der Waals surface area contributed by atoms with E-state index in [0.29, 0.717) is 18.1 Å². The third-order valence-corrected chi connectivity index (χ3v) is 7.11. The first-order valence-corrected chi connectivity index (χ1v) is 12.6. The number of aryl methyl sites for hydroxylation is 1. The Kier molecular flexibility index (Phi) is 7.02. The van der Waals surface area contributed by atoms with E-state index in [1.807, 2.05) is 79.9 Å². The van der Waals surface area contributed by atoms with Gasteiger partial charge in [-0.25, -0.2) is 0 Å². The van der Waals surface area contributed by atoms with Gasteiger partial charge in [-0.05, 0) is 79.3 Å². The SMILES string of the molecule is Cc1cc(-n2cccc2[C@H]2[C@@H](c3ccccn3)NC(=S)N2CCC(=O)Nc2ccccc2)ccc1Cl. The standard InChI is InChI=1S/C28H26ClN5OS/c1-19-18-21(12-13-22(19)29)33-16-7-11-24(33)27-26(23-10-5-6-15-30-23)32-28(36)34(27)17-14-25(35)31-20-8-3-2-4-9-20/h2-13,15-16,18,26-27H,14,17H2,1H3,(H,31,35)(H,32,36)/t26-,27+/m1/s1. The fourth-order valence-electron chi connectivity index (χ4n) is 4.58. The third kappa shape index (κ3) is 4.98. The highest BCUT2D eigenvalue weighted by Gasteiger charge is 2.41. The molecule has 0 aliphatic carbocycles. The van der Waals surface area contributed by atoms with Crippen molar-refractivity contribution in [3.05, 3.63) is 113 Å². The molecule has 6 nitrogen and oxygen atoms in total. The van der Waals surface area contributed by atoms with Crippen LogP contribution in [0.4, 0.5) is 5.69 Å². The molecule has 0 unspecified atom stereocenters.